The molecule has 0 aliphatic rings. The molecule has 0 spiro atoms. The Balaban J connectivity index is 2.48. The van der Waals surface area contributed by atoms with E-state index in [1.165, 1.54) is 5.56 Å². The standard InChI is InChI=1S/C11H14N2O/c1-13(9-12)8-7-10-3-5-11(14-2)6-4-10/h3-6H,7-8H2,1-2H3. The summed E-state index contributed by atoms with van der Waals surface area (Å²) < 4.78 is 5.05. The van der Waals surface area contributed by atoms with E-state index in [1.807, 2.05) is 24.3 Å². The van der Waals surface area contributed by atoms with Crippen LogP contribution in [0.5, 0.6) is 5.75 Å². The van der Waals surface area contributed by atoms with Crippen molar-refractivity contribution in [2.45, 2.75) is 6.42 Å². The van der Waals surface area contributed by atoms with Crippen molar-refractivity contribution >= 4 is 0 Å². The van der Waals surface area contributed by atoms with Gasteiger partial charge in [0.1, 0.15) is 5.75 Å². The SMILES string of the molecule is COc1ccc(CCN(C)C#N)cc1. The topological polar surface area (TPSA) is 36.3 Å². The summed E-state index contributed by atoms with van der Waals surface area (Å²) in [6, 6.07) is 7.90. The minimum Gasteiger partial charge on any atom is -0.497 e. The van der Waals surface area contributed by atoms with Crippen LogP contribution >= 0.6 is 0 Å². The first-order chi connectivity index (χ1) is 6.76. The molecule has 0 aromatic heterocycles. The Kier molecular flexibility index (Phi) is 3.81. The summed E-state index contributed by atoms with van der Waals surface area (Å²) in [5, 5.41) is 8.55. The van der Waals surface area contributed by atoms with Gasteiger partial charge in [-0.05, 0) is 24.1 Å². The van der Waals surface area contributed by atoms with E-state index in [2.05, 4.69) is 6.19 Å². The normalized spacial score (nSPS) is 9.21. The minimum atomic E-state index is 0.753. The Morgan fingerprint density at radius 3 is 2.50 bits per heavy atom. The zero-order valence-corrected chi connectivity index (χ0v) is 8.53. The van der Waals surface area contributed by atoms with Gasteiger partial charge in [-0.1, -0.05) is 12.1 Å². The van der Waals surface area contributed by atoms with Crippen LogP contribution in [0.25, 0.3) is 0 Å². The molecule has 0 heterocycles. The Labute approximate surface area is 84.5 Å². The predicted octanol–water partition coefficient (Wildman–Crippen LogP) is 1.65. The lowest BCUT2D eigenvalue weighted by atomic mass is 10.1. The van der Waals surface area contributed by atoms with Gasteiger partial charge in [0.05, 0.1) is 7.11 Å². The van der Waals surface area contributed by atoms with Crippen LogP contribution in [0.15, 0.2) is 24.3 Å². The molecule has 0 bridgehead atoms. The largest absolute Gasteiger partial charge is 0.497 e. The van der Waals surface area contributed by atoms with E-state index >= 15 is 0 Å². The summed E-state index contributed by atoms with van der Waals surface area (Å²) in [6.45, 7) is 0.753. The molecule has 0 aliphatic heterocycles. The average Bonchev–Trinajstić information content (AvgIpc) is 2.26. The molecule has 0 unspecified atom stereocenters. The lowest BCUT2D eigenvalue weighted by molar-refractivity contribution is 0.414. The van der Waals surface area contributed by atoms with Crippen molar-refractivity contribution in [3.05, 3.63) is 29.8 Å². The fourth-order valence-electron chi connectivity index (χ4n) is 1.14. The van der Waals surface area contributed by atoms with Crippen molar-refractivity contribution in [2.75, 3.05) is 20.7 Å². The van der Waals surface area contributed by atoms with E-state index in [1.54, 1.807) is 19.1 Å². The van der Waals surface area contributed by atoms with Crippen molar-refractivity contribution in [1.82, 2.24) is 4.90 Å². The van der Waals surface area contributed by atoms with Gasteiger partial charge in [-0.3, -0.25) is 0 Å². The number of rotatable bonds is 4. The van der Waals surface area contributed by atoms with E-state index < -0.39 is 0 Å². The van der Waals surface area contributed by atoms with Crippen LogP contribution in [0.4, 0.5) is 0 Å². The van der Waals surface area contributed by atoms with Crippen LogP contribution in [0.1, 0.15) is 5.56 Å². The summed E-state index contributed by atoms with van der Waals surface area (Å²) >= 11 is 0. The minimum absolute atomic E-state index is 0.753. The fraction of sp³-hybridized carbons (Fsp3) is 0.364. The molecular weight excluding hydrogens is 176 g/mol. The molecule has 0 radical (unpaired) electrons. The Hall–Kier alpha value is -1.69. The van der Waals surface area contributed by atoms with Crippen molar-refractivity contribution in [3.63, 3.8) is 0 Å². The van der Waals surface area contributed by atoms with Gasteiger partial charge in [-0.2, -0.15) is 5.26 Å². The van der Waals surface area contributed by atoms with Crippen molar-refractivity contribution in [2.24, 2.45) is 0 Å². The highest BCUT2D eigenvalue weighted by Gasteiger charge is 1.96. The quantitative estimate of drug-likeness (QED) is 0.535. The smallest absolute Gasteiger partial charge is 0.179 e. The molecule has 1 aromatic carbocycles. The van der Waals surface area contributed by atoms with Gasteiger partial charge in [0, 0.05) is 13.6 Å². The van der Waals surface area contributed by atoms with Crippen molar-refractivity contribution < 1.29 is 4.74 Å². The summed E-state index contributed by atoms with van der Waals surface area (Å²) in [5.41, 5.74) is 1.22. The number of ether oxygens (including phenoxy) is 1. The van der Waals surface area contributed by atoms with E-state index in [0.717, 1.165) is 18.7 Å². The van der Waals surface area contributed by atoms with Crippen LogP contribution in [-0.2, 0) is 6.42 Å². The molecule has 0 saturated carbocycles. The molecule has 0 amide bonds. The molecule has 0 saturated heterocycles. The van der Waals surface area contributed by atoms with Gasteiger partial charge in [-0.15, -0.1) is 0 Å². The number of hydrogen-bond acceptors (Lipinski definition) is 3. The predicted molar refractivity (Wildman–Crippen MR) is 54.9 cm³/mol. The molecule has 1 rings (SSSR count). The van der Waals surface area contributed by atoms with E-state index in [4.69, 9.17) is 10.00 Å². The first-order valence-corrected chi connectivity index (χ1v) is 4.50. The van der Waals surface area contributed by atoms with Crippen molar-refractivity contribution in [1.29, 1.82) is 5.26 Å². The van der Waals surface area contributed by atoms with Crippen LogP contribution in [0, 0.1) is 11.5 Å². The maximum Gasteiger partial charge on any atom is 0.179 e. The third kappa shape index (κ3) is 2.98. The van der Waals surface area contributed by atoms with E-state index in [-0.39, 0.29) is 0 Å². The Bertz CT molecular complexity index is 313. The number of nitriles is 1. The maximum absolute atomic E-state index is 8.55. The maximum atomic E-state index is 8.55. The monoisotopic (exact) mass is 190 g/mol. The molecule has 3 heteroatoms. The number of methoxy groups -OCH3 is 1. The number of benzene rings is 1. The van der Waals surface area contributed by atoms with Crippen LogP contribution < -0.4 is 4.74 Å². The molecule has 1 aromatic rings. The summed E-state index contributed by atoms with van der Waals surface area (Å²) in [4.78, 5) is 1.62. The van der Waals surface area contributed by atoms with E-state index in [9.17, 15) is 0 Å². The highest BCUT2D eigenvalue weighted by atomic mass is 16.5. The van der Waals surface area contributed by atoms with Crippen molar-refractivity contribution in [3.8, 4) is 11.9 Å². The van der Waals surface area contributed by atoms with Gasteiger partial charge in [0.2, 0.25) is 0 Å². The molecule has 3 nitrogen and oxygen atoms in total. The lowest BCUT2D eigenvalue weighted by Crippen LogP contribution is -2.14. The van der Waals surface area contributed by atoms with Gasteiger partial charge in [0.15, 0.2) is 6.19 Å². The Morgan fingerprint density at radius 1 is 1.36 bits per heavy atom. The highest BCUT2D eigenvalue weighted by Crippen LogP contribution is 2.11. The molecule has 0 fully saturated rings. The van der Waals surface area contributed by atoms with Crippen LogP contribution in [-0.4, -0.2) is 25.6 Å². The second kappa shape index (κ2) is 5.13. The van der Waals surface area contributed by atoms with Gasteiger partial charge in [-0.25, -0.2) is 0 Å². The molecule has 0 N–H and O–H groups in total. The molecule has 74 valence electrons. The van der Waals surface area contributed by atoms with Gasteiger partial charge in [0.25, 0.3) is 0 Å². The van der Waals surface area contributed by atoms with E-state index in [0.29, 0.717) is 0 Å². The summed E-state index contributed by atoms with van der Waals surface area (Å²) in [5.74, 6) is 0.863. The first kappa shape index (κ1) is 10.4. The van der Waals surface area contributed by atoms with Crippen LogP contribution in [0.3, 0.4) is 0 Å². The Morgan fingerprint density at radius 2 is 2.00 bits per heavy atom. The number of likely N-dealkylation sites (N-methyl/N-ethyl adjacent to an activating group) is 1. The molecule has 14 heavy (non-hydrogen) atoms. The second-order valence-corrected chi connectivity index (χ2v) is 3.12. The molecule has 0 aliphatic carbocycles. The lowest BCUT2D eigenvalue weighted by Gasteiger charge is -2.08. The fourth-order valence-corrected chi connectivity index (χ4v) is 1.14. The third-order valence-corrected chi connectivity index (χ3v) is 2.07. The van der Waals surface area contributed by atoms with Crippen LogP contribution in [0.2, 0.25) is 0 Å². The zero-order chi connectivity index (χ0) is 10.4. The first-order valence-electron chi connectivity index (χ1n) is 4.50. The van der Waals surface area contributed by atoms with Gasteiger partial charge >= 0.3 is 0 Å². The zero-order valence-electron chi connectivity index (χ0n) is 8.53. The summed E-state index contributed by atoms with van der Waals surface area (Å²) in [7, 11) is 3.43. The number of nitrogens with zero attached hydrogens (tertiary/aromatic N) is 2. The number of hydrogen-bond donors (Lipinski definition) is 0. The molecule has 0 atom stereocenters. The van der Waals surface area contributed by atoms with Gasteiger partial charge < -0.3 is 9.64 Å². The second-order valence-electron chi connectivity index (χ2n) is 3.12. The third-order valence-electron chi connectivity index (χ3n) is 2.07. The highest BCUT2D eigenvalue weighted by molar-refractivity contribution is 5.27. The average molecular weight is 190 g/mol. The summed E-state index contributed by atoms with van der Waals surface area (Å²) in [6.07, 6.45) is 2.95. The molecular formula is C11H14N2O.